The smallest absolute Gasteiger partial charge is 0.0522 e. The Morgan fingerprint density at radius 3 is 2.88 bits per heavy atom. The van der Waals surface area contributed by atoms with Gasteiger partial charge in [0.15, 0.2) is 0 Å². The number of hydrogen-bond donors (Lipinski definition) is 1. The molecular weight excluding hydrogens is 198 g/mol. The van der Waals surface area contributed by atoms with Gasteiger partial charge in [0.25, 0.3) is 0 Å². The monoisotopic (exact) mass is 221 g/mol. The summed E-state index contributed by atoms with van der Waals surface area (Å²) in [5.41, 5.74) is 7.05. The van der Waals surface area contributed by atoms with Crippen LogP contribution in [0.3, 0.4) is 0 Å². The van der Waals surface area contributed by atoms with E-state index in [4.69, 9.17) is 5.73 Å². The molecule has 1 fully saturated rings. The Bertz CT molecular complexity index is 311. The van der Waals surface area contributed by atoms with Gasteiger partial charge in [0, 0.05) is 18.8 Å². The predicted molar refractivity (Wildman–Crippen MR) is 66.2 cm³/mol. The van der Waals surface area contributed by atoms with Crippen LogP contribution in [0.15, 0.2) is 12.4 Å². The van der Waals surface area contributed by atoms with Crippen LogP contribution >= 0.6 is 0 Å². The van der Waals surface area contributed by atoms with E-state index < -0.39 is 0 Å². The van der Waals surface area contributed by atoms with Crippen molar-refractivity contribution in [1.29, 1.82) is 0 Å². The van der Waals surface area contributed by atoms with E-state index >= 15 is 0 Å². The molecule has 2 N–H and O–H groups in total. The molecule has 0 aromatic carbocycles. The third-order valence-corrected chi connectivity index (χ3v) is 3.41. The van der Waals surface area contributed by atoms with Crippen LogP contribution in [0.4, 0.5) is 0 Å². The minimum atomic E-state index is 0.229. The Labute approximate surface area is 98.0 Å². The SMILES string of the molecule is CC(N)Cc1cnn(CC2CCCCC2)c1. The van der Waals surface area contributed by atoms with Crippen LogP contribution in [0, 0.1) is 5.92 Å². The van der Waals surface area contributed by atoms with Crippen molar-refractivity contribution in [3.05, 3.63) is 18.0 Å². The predicted octanol–water partition coefficient (Wildman–Crippen LogP) is 2.35. The first kappa shape index (κ1) is 11.6. The summed E-state index contributed by atoms with van der Waals surface area (Å²) in [4.78, 5) is 0. The third-order valence-electron chi connectivity index (χ3n) is 3.41. The van der Waals surface area contributed by atoms with Crippen molar-refractivity contribution in [2.75, 3.05) is 0 Å². The Kier molecular flexibility index (Phi) is 3.99. The van der Waals surface area contributed by atoms with Crippen LogP contribution in [0.1, 0.15) is 44.6 Å². The molecule has 3 nitrogen and oxygen atoms in total. The third kappa shape index (κ3) is 3.34. The lowest BCUT2D eigenvalue weighted by molar-refractivity contribution is 0.308. The summed E-state index contributed by atoms with van der Waals surface area (Å²) in [6.07, 6.45) is 12.0. The van der Waals surface area contributed by atoms with Crippen molar-refractivity contribution in [3.8, 4) is 0 Å². The van der Waals surface area contributed by atoms with Gasteiger partial charge in [-0.25, -0.2) is 0 Å². The Balaban J connectivity index is 1.86. The molecule has 1 saturated carbocycles. The van der Waals surface area contributed by atoms with Gasteiger partial charge in [0.2, 0.25) is 0 Å². The maximum atomic E-state index is 5.78. The second-order valence-electron chi connectivity index (χ2n) is 5.26. The van der Waals surface area contributed by atoms with Crippen LogP contribution in [-0.4, -0.2) is 15.8 Å². The van der Waals surface area contributed by atoms with E-state index in [1.807, 2.05) is 13.1 Å². The van der Waals surface area contributed by atoms with Gasteiger partial charge in [-0.3, -0.25) is 4.68 Å². The maximum Gasteiger partial charge on any atom is 0.0522 e. The molecule has 16 heavy (non-hydrogen) atoms. The fourth-order valence-corrected chi connectivity index (χ4v) is 2.62. The molecule has 0 amide bonds. The largest absolute Gasteiger partial charge is 0.328 e. The van der Waals surface area contributed by atoms with Gasteiger partial charge in [0.1, 0.15) is 0 Å². The highest BCUT2D eigenvalue weighted by Crippen LogP contribution is 2.24. The molecule has 1 aliphatic carbocycles. The Hall–Kier alpha value is -0.830. The summed E-state index contributed by atoms with van der Waals surface area (Å²) in [6.45, 7) is 3.14. The zero-order chi connectivity index (χ0) is 11.4. The van der Waals surface area contributed by atoms with Gasteiger partial charge in [0.05, 0.1) is 6.20 Å². The standard InChI is InChI=1S/C13H23N3/c1-11(14)7-13-8-15-16(10-13)9-12-5-3-2-4-6-12/h8,10-12H,2-7,9,14H2,1H3. The topological polar surface area (TPSA) is 43.8 Å². The van der Waals surface area contributed by atoms with Crippen LogP contribution in [0.5, 0.6) is 0 Å². The molecule has 3 heteroatoms. The zero-order valence-corrected chi connectivity index (χ0v) is 10.2. The van der Waals surface area contributed by atoms with E-state index in [1.54, 1.807) is 0 Å². The molecule has 1 unspecified atom stereocenters. The highest BCUT2D eigenvalue weighted by atomic mass is 15.3. The molecule has 0 aliphatic heterocycles. The van der Waals surface area contributed by atoms with Crippen molar-refractivity contribution in [2.24, 2.45) is 11.7 Å². The summed E-state index contributed by atoms with van der Waals surface area (Å²) >= 11 is 0. The number of hydrogen-bond acceptors (Lipinski definition) is 2. The summed E-state index contributed by atoms with van der Waals surface area (Å²) in [5.74, 6) is 0.844. The fourth-order valence-electron chi connectivity index (χ4n) is 2.62. The minimum Gasteiger partial charge on any atom is -0.328 e. The van der Waals surface area contributed by atoms with E-state index in [1.165, 1.54) is 37.7 Å². The van der Waals surface area contributed by atoms with Crippen molar-refractivity contribution < 1.29 is 0 Å². The Morgan fingerprint density at radius 2 is 2.19 bits per heavy atom. The first-order valence-corrected chi connectivity index (χ1v) is 6.51. The molecule has 0 bridgehead atoms. The second-order valence-corrected chi connectivity index (χ2v) is 5.26. The molecule has 2 rings (SSSR count). The summed E-state index contributed by atoms with van der Waals surface area (Å²) in [7, 11) is 0. The molecule has 1 aliphatic rings. The number of aromatic nitrogens is 2. The van der Waals surface area contributed by atoms with E-state index in [0.29, 0.717) is 0 Å². The van der Waals surface area contributed by atoms with Crippen molar-refractivity contribution in [1.82, 2.24) is 9.78 Å². The highest BCUT2D eigenvalue weighted by molar-refractivity contribution is 5.05. The molecule has 0 spiro atoms. The first-order valence-electron chi connectivity index (χ1n) is 6.51. The lowest BCUT2D eigenvalue weighted by atomic mass is 9.89. The van der Waals surface area contributed by atoms with E-state index in [9.17, 15) is 0 Å². The molecule has 0 radical (unpaired) electrons. The average molecular weight is 221 g/mol. The van der Waals surface area contributed by atoms with Crippen molar-refractivity contribution in [2.45, 2.75) is 58.0 Å². The highest BCUT2D eigenvalue weighted by Gasteiger charge is 2.14. The fraction of sp³-hybridized carbons (Fsp3) is 0.769. The molecule has 1 aromatic rings. The van der Waals surface area contributed by atoms with Crippen LogP contribution in [0.25, 0.3) is 0 Å². The van der Waals surface area contributed by atoms with Crippen molar-refractivity contribution in [3.63, 3.8) is 0 Å². The number of rotatable bonds is 4. The maximum absolute atomic E-state index is 5.78. The molecule has 1 aromatic heterocycles. The Morgan fingerprint density at radius 1 is 1.44 bits per heavy atom. The lowest BCUT2D eigenvalue weighted by Crippen LogP contribution is -2.17. The van der Waals surface area contributed by atoms with Gasteiger partial charge in [-0.1, -0.05) is 19.3 Å². The second kappa shape index (κ2) is 5.48. The quantitative estimate of drug-likeness (QED) is 0.848. The number of nitrogens with zero attached hydrogens (tertiary/aromatic N) is 2. The summed E-state index contributed by atoms with van der Waals surface area (Å²) in [5, 5.41) is 4.42. The first-order chi connectivity index (χ1) is 7.74. The molecule has 90 valence electrons. The summed E-state index contributed by atoms with van der Waals surface area (Å²) in [6, 6.07) is 0.229. The van der Waals surface area contributed by atoms with Crippen molar-refractivity contribution >= 4 is 0 Å². The van der Waals surface area contributed by atoms with E-state index in [2.05, 4.69) is 16.0 Å². The van der Waals surface area contributed by atoms with Crippen LogP contribution in [-0.2, 0) is 13.0 Å². The van der Waals surface area contributed by atoms with E-state index in [-0.39, 0.29) is 6.04 Å². The zero-order valence-electron chi connectivity index (χ0n) is 10.2. The van der Waals surface area contributed by atoms with Crippen LogP contribution in [0.2, 0.25) is 0 Å². The van der Waals surface area contributed by atoms with Gasteiger partial charge < -0.3 is 5.73 Å². The summed E-state index contributed by atoms with van der Waals surface area (Å²) < 4.78 is 2.10. The molecule has 0 saturated heterocycles. The van der Waals surface area contributed by atoms with Gasteiger partial charge in [-0.05, 0) is 37.7 Å². The molecular formula is C13H23N3. The van der Waals surface area contributed by atoms with Crippen LogP contribution < -0.4 is 5.73 Å². The van der Waals surface area contributed by atoms with Gasteiger partial charge in [-0.2, -0.15) is 5.10 Å². The normalized spacial score (nSPS) is 19.9. The average Bonchev–Trinajstić information content (AvgIpc) is 2.66. The van der Waals surface area contributed by atoms with Gasteiger partial charge in [-0.15, -0.1) is 0 Å². The molecule has 1 atom stereocenters. The molecule has 1 heterocycles. The lowest BCUT2D eigenvalue weighted by Gasteiger charge is -2.21. The van der Waals surface area contributed by atoms with Gasteiger partial charge >= 0.3 is 0 Å². The van der Waals surface area contributed by atoms with E-state index in [0.717, 1.165) is 18.9 Å². The minimum absolute atomic E-state index is 0.229. The number of nitrogens with two attached hydrogens (primary N) is 1.